The lowest BCUT2D eigenvalue weighted by molar-refractivity contribution is -0.145. The summed E-state index contributed by atoms with van der Waals surface area (Å²) in [5, 5.41) is 0. The Kier molecular flexibility index (Phi) is 30.2. The van der Waals surface area contributed by atoms with Crippen LogP contribution < -0.4 is 0 Å². The molecule has 0 aromatic carbocycles. The van der Waals surface area contributed by atoms with Gasteiger partial charge in [0.15, 0.2) is 0 Å². The van der Waals surface area contributed by atoms with Crippen molar-refractivity contribution < 1.29 is 38.0 Å². The highest BCUT2D eigenvalue weighted by atomic mass is 16.6. The van der Waals surface area contributed by atoms with Gasteiger partial charge < -0.3 is 28.4 Å². The van der Waals surface area contributed by atoms with E-state index in [-0.39, 0.29) is 11.9 Å². The summed E-state index contributed by atoms with van der Waals surface area (Å²) in [7, 11) is 0. The minimum absolute atomic E-state index is 0.0528. The predicted octanol–water partition coefficient (Wildman–Crippen LogP) is 14.2. The molecule has 0 aromatic rings. The fourth-order valence-electron chi connectivity index (χ4n) is 10.2. The van der Waals surface area contributed by atoms with Crippen LogP contribution in [0.4, 0.5) is 0 Å². The summed E-state index contributed by atoms with van der Waals surface area (Å²) in [6.45, 7) is 9.45. The van der Waals surface area contributed by atoms with Crippen molar-refractivity contribution in [2.75, 3.05) is 39.6 Å². The number of hydrogen-bond donors (Lipinski definition) is 0. The second-order valence-corrected chi connectivity index (χ2v) is 20.4. The molecule has 4 saturated heterocycles. The average Bonchev–Trinajstić information content (AvgIpc) is 4.03. The third-order valence-corrected chi connectivity index (χ3v) is 14.5. The van der Waals surface area contributed by atoms with Crippen LogP contribution in [-0.4, -0.2) is 76.0 Å². The quantitative estimate of drug-likeness (QED) is 0.0338. The Morgan fingerprint density at radius 3 is 0.887 bits per heavy atom. The van der Waals surface area contributed by atoms with E-state index in [1.54, 1.807) is 0 Å². The molecule has 4 aliphatic rings. The Bertz CT molecular complexity index is 1000. The smallest absolute Gasteiger partial charge is 0.305 e. The van der Waals surface area contributed by atoms with E-state index in [9.17, 15) is 9.59 Å². The summed E-state index contributed by atoms with van der Waals surface area (Å²) in [5.41, 5.74) is 0. The molecule has 4 aliphatic heterocycles. The zero-order valence-corrected chi connectivity index (χ0v) is 40.6. The zero-order valence-electron chi connectivity index (χ0n) is 40.6. The lowest BCUT2D eigenvalue weighted by Gasteiger charge is -2.27. The Hall–Kier alpha value is -1.22. The van der Waals surface area contributed by atoms with Crippen molar-refractivity contribution in [1.82, 2.24) is 0 Å². The van der Waals surface area contributed by atoms with Crippen LogP contribution in [0.2, 0.25) is 0 Å². The van der Waals surface area contributed by atoms with Gasteiger partial charge in [0.25, 0.3) is 0 Å². The van der Waals surface area contributed by atoms with E-state index in [4.69, 9.17) is 28.4 Å². The average molecular weight is 875 g/mol. The summed E-state index contributed by atoms with van der Waals surface area (Å²) >= 11 is 0. The van der Waals surface area contributed by atoms with Gasteiger partial charge in [0.1, 0.15) is 0 Å². The number of unbranched alkanes of at least 4 members (excludes halogenated alkanes) is 21. The molecule has 8 nitrogen and oxygen atoms in total. The number of epoxide rings is 4. The highest BCUT2D eigenvalue weighted by Gasteiger charge is 2.36. The third-order valence-electron chi connectivity index (χ3n) is 14.5. The minimum Gasteiger partial charge on any atom is -0.466 e. The van der Waals surface area contributed by atoms with E-state index in [1.807, 2.05) is 0 Å². The second-order valence-electron chi connectivity index (χ2n) is 20.4. The highest BCUT2D eigenvalue weighted by Crippen LogP contribution is 2.39. The van der Waals surface area contributed by atoms with Gasteiger partial charge in [-0.2, -0.15) is 0 Å². The Labute approximate surface area is 381 Å². The van der Waals surface area contributed by atoms with Crippen LogP contribution in [-0.2, 0) is 38.0 Å². The number of hydrogen-bond acceptors (Lipinski definition) is 8. The molecule has 362 valence electrons. The van der Waals surface area contributed by atoms with E-state index in [0.29, 0.717) is 50.5 Å². The second kappa shape index (κ2) is 35.0. The number of ether oxygens (including phenoxy) is 6. The molecule has 8 atom stereocenters. The minimum atomic E-state index is -0.0528. The molecule has 0 N–H and O–H groups in total. The van der Waals surface area contributed by atoms with Crippen molar-refractivity contribution >= 4 is 11.9 Å². The number of carbonyl (C=O) groups excluding carboxylic acids is 2. The first-order chi connectivity index (χ1) is 30.5. The van der Waals surface area contributed by atoms with Gasteiger partial charge in [-0.05, 0) is 87.9 Å². The van der Waals surface area contributed by atoms with Crippen molar-refractivity contribution in [2.45, 2.75) is 269 Å². The number of carbonyl (C=O) groups is 2. The van der Waals surface area contributed by atoms with E-state index < -0.39 is 0 Å². The highest BCUT2D eigenvalue weighted by molar-refractivity contribution is 5.69. The molecule has 4 heterocycles. The molecule has 8 unspecified atom stereocenters. The summed E-state index contributed by atoms with van der Waals surface area (Å²) in [6.07, 6.45) is 45.2. The van der Waals surface area contributed by atoms with Crippen LogP contribution >= 0.6 is 0 Å². The first-order valence-electron chi connectivity index (χ1n) is 27.3. The molecule has 4 fully saturated rings. The van der Waals surface area contributed by atoms with E-state index >= 15 is 0 Å². The van der Waals surface area contributed by atoms with Crippen LogP contribution in [0.15, 0.2) is 0 Å². The van der Waals surface area contributed by atoms with Gasteiger partial charge in [-0.15, -0.1) is 0 Å². The summed E-state index contributed by atoms with van der Waals surface area (Å²) in [6, 6.07) is 0. The molecule has 62 heavy (non-hydrogen) atoms. The molecule has 0 aromatic heterocycles. The normalized spacial score (nSPS) is 21.9. The van der Waals surface area contributed by atoms with Crippen LogP contribution in [0.3, 0.4) is 0 Å². The summed E-state index contributed by atoms with van der Waals surface area (Å²) in [4.78, 5) is 24.6. The van der Waals surface area contributed by atoms with Gasteiger partial charge in [-0.3, -0.25) is 9.59 Å². The summed E-state index contributed by atoms with van der Waals surface area (Å²) in [5.74, 6) is 3.00. The molecule has 0 spiro atoms. The molecular formula is C54H98O8. The molecule has 0 amide bonds. The Balaban J connectivity index is 0.906. The van der Waals surface area contributed by atoms with E-state index in [2.05, 4.69) is 13.8 Å². The third kappa shape index (κ3) is 29.3. The standard InChI is InChI=1S/C54H98O8/c1-3-5-7-9-13-21-29-45(37-49-41-59-49)47(39-51-43-61-51)31-23-15-11-17-25-33-53(55)57-35-27-19-20-28-36-58-54(56)34-26-18-12-16-24-32-48(40-52-44-62-52)46(38-50-42-60-50)30-22-14-10-8-6-4-2/h45-52H,3-44H2,1-2H3. The van der Waals surface area contributed by atoms with Crippen LogP contribution in [0.5, 0.6) is 0 Å². The molecule has 0 bridgehead atoms. The van der Waals surface area contributed by atoms with Gasteiger partial charge in [0, 0.05) is 12.8 Å². The SMILES string of the molecule is CCCCCCCCC(CC1CO1)C(CCCCCCCC(=O)OCCCCCCOC(=O)CCCCCCCC(CC1CO1)C(CCCCCCCC)CC1CO1)CC1CO1. The summed E-state index contributed by atoms with van der Waals surface area (Å²) < 4.78 is 33.8. The fraction of sp³-hybridized carbons (Fsp3) is 0.963. The lowest BCUT2D eigenvalue weighted by atomic mass is 9.78. The Morgan fingerprint density at radius 2 is 0.613 bits per heavy atom. The van der Waals surface area contributed by atoms with Crippen molar-refractivity contribution in [2.24, 2.45) is 23.7 Å². The molecule has 0 radical (unpaired) electrons. The first kappa shape index (κ1) is 53.4. The Morgan fingerprint density at radius 1 is 0.371 bits per heavy atom. The maximum Gasteiger partial charge on any atom is 0.305 e. The lowest BCUT2D eigenvalue weighted by Crippen LogP contribution is -2.19. The van der Waals surface area contributed by atoms with Crippen molar-refractivity contribution in [3.05, 3.63) is 0 Å². The van der Waals surface area contributed by atoms with Gasteiger partial charge in [-0.25, -0.2) is 0 Å². The van der Waals surface area contributed by atoms with Gasteiger partial charge in [0.05, 0.1) is 64.1 Å². The largest absolute Gasteiger partial charge is 0.466 e. The van der Waals surface area contributed by atoms with Crippen molar-refractivity contribution in [3.8, 4) is 0 Å². The van der Waals surface area contributed by atoms with Crippen LogP contribution in [0, 0.1) is 23.7 Å². The van der Waals surface area contributed by atoms with Gasteiger partial charge in [-0.1, -0.05) is 168 Å². The first-order valence-corrected chi connectivity index (χ1v) is 27.3. The predicted molar refractivity (Wildman–Crippen MR) is 252 cm³/mol. The van der Waals surface area contributed by atoms with Crippen LogP contribution in [0.1, 0.15) is 245 Å². The molecular weight excluding hydrogens is 777 g/mol. The maximum atomic E-state index is 12.3. The van der Waals surface area contributed by atoms with E-state index in [0.717, 1.165) is 101 Å². The molecule has 8 heteroatoms. The monoisotopic (exact) mass is 875 g/mol. The molecule has 4 rings (SSSR count). The molecule has 0 saturated carbocycles. The van der Waals surface area contributed by atoms with Gasteiger partial charge >= 0.3 is 11.9 Å². The zero-order chi connectivity index (χ0) is 43.7. The van der Waals surface area contributed by atoms with Gasteiger partial charge in [0.2, 0.25) is 0 Å². The maximum absolute atomic E-state index is 12.3. The fourth-order valence-corrected chi connectivity index (χ4v) is 10.2. The van der Waals surface area contributed by atoms with E-state index in [1.165, 1.54) is 167 Å². The van der Waals surface area contributed by atoms with Crippen LogP contribution in [0.25, 0.3) is 0 Å². The number of rotatable bonds is 47. The van der Waals surface area contributed by atoms with Crippen molar-refractivity contribution in [1.29, 1.82) is 0 Å². The van der Waals surface area contributed by atoms with Crippen molar-refractivity contribution in [3.63, 3.8) is 0 Å². The number of esters is 2. The topological polar surface area (TPSA) is 103 Å². The molecule has 0 aliphatic carbocycles.